The quantitative estimate of drug-likeness (QED) is 0.381. The van der Waals surface area contributed by atoms with Gasteiger partial charge in [0.2, 0.25) is 0 Å². The third kappa shape index (κ3) is 1170. The first kappa shape index (κ1) is 23.8. The van der Waals surface area contributed by atoms with Crippen molar-refractivity contribution in [2.24, 2.45) is 0 Å². The van der Waals surface area contributed by atoms with Crippen LogP contribution in [0.2, 0.25) is 0 Å². The van der Waals surface area contributed by atoms with Crippen molar-refractivity contribution in [2.75, 3.05) is 0 Å². The maximum absolute atomic E-state index is 9.90. The van der Waals surface area contributed by atoms with E-state index in [-0.39, 0.29) is 16.4 Å². The molecule has 0 atom stereocenters. The molecule has 0 spiro atoms. The Hall–Kier alpha value is 0.399. The molecule has 0 fully saturated rings. The zero-order chi connectivity index (χ0) is 4.50. The monoisotopic (exact) mass is 250 g/mol. The van der Waals surface area contributed by atoms with Crippen molar-refractivity contribution in [3.63, 3.8) is 0 Å². The standard InChI is InChI=1S/4FH.3H2O.Sn/h4*1H;3*1H2;/q;;;;;;;+4/p-4. The third-order valence-electron chi connectivity index (χ3n) is 0. The summed E-state index contributed by atoms with van der Waals surface area (Å²) in [4.78, 5) is 0. The van der Waals surface area contributed by atoms with Crippen LogP contribution in [-0.4, -0.2) is 37.1 Å². The van der Waals surface area contributed by atoms with Crippen LogP contribution in [0.1, 0.15) is 0 Å². The summed E-state index contributed by atoms with van der Waals surface area (Å²) in [5.74, 6) is 0. The van der Waals surface area contributed by atoms with Gasteiger partial charge in [-0.3, -0.25) is 0 Å². The van der Waals surface area contributed by atoms with Gasteiger partial charge >= 0.3 is 32.1 Å². The van der Waals surface area contributed by atoms with Gasteiger partial charge in [-0.2, -0.15) is 0 Å². The third-order valence-corrected chi connectivity index (χ3v) is 0. The van der Waals surface area contributed by atoms with E-state index in [0.29, 0.717) is 0 Å². The normalized spacial score (nSPS) is 7.50. The zero-order valence-corrected chi connectivity index (χ0v) is 6.37. The molecule has 0 bridgehead atoms. The van der Waals surface area contributed by atoms with Crippen LogP contribution in [0.4, 0.5) is 11.5 Å². The van der Waals surface area contributed by atoms with Crippen molar-refractivity contribution in [3.05, 3.63) is 0 Å². The summed E-state index contributed by atoms with van der Waals surface area (Å²) < 4.78 is 39.6. The van der Waals surface area contributed by atoms with Crippen molar-refractivity contribution in [1.82, 2.24) is 0 Å². The van der Waals surface area contributed by atoms with Gasteiger partial charge in [0.05, 0.1) is 0 Å². The molecule has 6 N–H and O–H groups in total. The first-order valence-corrected chi connectivity index (χ1v) is 5.07. The Bertz CT molecular complexity index is 26.8. The van der Waals surface area contributed by atoms with E-state index in [1.54, 1.807) is 0 Å². The fourth-order valence-electron chi connectivity index (χ4n) is 0. The Morgan fingerprint density at radius 1 is 0.625 bits per heavy atom. The van der Waals surface area contributed by atoms with Crippen molar-refractivity contribution in [3.8, 4) is 0 Å². The van der Waals surface area contributed by atoms with Crippen LogP contribution in [0.25, 0.3) is 0 Å². The summed E-state index contributed by atoms with van der Waals surface area (Å²) in [7, 11) is 0. The molecular formula is H6F4O3Sn. The molecule has 0 rings (SSSR count). The van der Waals surface area contributed by atoms with Gasteiger partial charge in [0.15, 0.2) is 0 Å². The van der Waals surface area contributed by atoms with Crippen molar-refractivity contribution >= 4 is 20.7 Å². The van der Waals surface area contributed by atoms with Gasteiger partial charge in [0, 0.05) is 0 Å². The van der Waals surface area contributed by atoms with E-state index in [9.17, 15) is 11.5 Å². The van der Waals surface area contributed by atoms with E-state index >= 15 is 0 Å². The molecule has 0 saturated carbocycles. The SMILES string of the molecule is O.O.O.[F][Sn]([F])([F])[F]. The van der Waals surface area contributed by atoms with Crippen LogP contribution < -0.4 is 0 Å². The molecule has 0 aliphatic rings. The molecule has 3 nitrogen and oxygen atoms in total. The molecular weight excluding hydrogens is 243 g/mol. The van der Waals surface area contributed by atoms with Crippen LogP contribution in [0, 0.1) is 0 Å². The fourth-order valence-corrected chi connectivity index (χ4v) is 0. The average molecular weight is 249 g/mol. The van der Waals surface area contributed by atoms with Gasteiger partial charge < -0.3 is 16.4 Å². The topological polar surface area (TPSA) is 94.5 Å². The number of rotatable bonds is 0. The maximum atomic E-state index is 9.90. The summed E-state index contributed by atoms with van der Waals surface area (Å²) in [6, 6.07) is 0. The number of hydrogen-bond acceptors (Lipinski definition) is 0. The van der Waals surface area contributed by atoms with E-state index in [0.717, 1.165) is 0 Å². The Balaban J connectivity index is -0.0000000267. The molecule has 0 unspecified atom stereocenters. The van der Waals surface area contributed by atoms with Crippen LogP contribution in [0.3, 0.4) is 0 Å². The summed E-state index contributed by atoms with van der Waals surface area (Å²) in [6.07, 6.45) is 0. The second-order valence-electron chi connectivity index (χ2n) is 0.429. The van der Waals surface area contributed by atoms with Crippen LogP contribution in [0.15, 0.2) is 0 Å². The van der Waals surface area contributed by atoms with Gasteiger partial charge in [0.1, 0.15) is 0 Å². The van der Waals surface area contributed by atoms with E-state index < -0.39 is 20.7 Å². The fraction of sp³-hybridized carbons (Fsp3) is 0. The van der Waals surface area contributed by atoms with Gasteiger partial charge in [-0.1, -0.05) is 0 Å². The van der Waals surface area contributed by atoms with Gasteiger partial charge in [-0.25, -0.2) is 0 Å². The van der Waals surface area contributed by atoms with Crippen molar-refractivity contribution in [2.45, 2.75) is 0 Å². The number of hydrogen-bond donors (Lipinski definition) is 0. The molecule has 0 aromatic rings. The Morgan fingerprint density at radius 3 is 0.625 bits per heavy atom. The Kier molecular flexibility index (Phi) is 22.0. The van der Waals surface area contributed by atoms with Crippen LogP contribution in [0.5, 0.6) is 0 Å². The van der Waals surface area contributed by atoms with E-state index in [1.807, 2.05) is 0 Å². The van der Waals surface area contributed by atoms with Crippen LogP contribution in [-0.2, 0) is 0 Å². The Labute approximate surface area is 49.2 Å². The molecule has 0 amide bonds. The molecule has 0 aliphatic carbocycles. The molecule has 56 valence electrons. The summed E-state index contributed by atoms with van der Waals surface area (Å²) >= 11 is -7.18. The average Bonchev–Trinajstić information content (AvgIpc) is 0.722. The first-order valence-electron chi connectivity index (χ1n) is 0.756. The molecule has 0 radical (unpaired) electrons. The Morgan fingerprint density at radius 2 is 0.625 bits per heavy atom. The predicted octanol–water partition coefficient (Wildman–Crippen LogP) is -1.17. The molecule has 8 heteroatoms. The molecule has 0 heterocycles. The molecule has 8 heavy (non-hydrogen) atoms. The van der Waals surface area contributed by atoms with E-state index in [1.165, 1.54) is 0 Å². The second-order valence-corrected chi connectivity index (χ2v) is 2.87. The van der Waals surface area contributed by atoms with Gasteiger partial charge in [0.25, 0.3) is 0 Å². The predicted molar refractivity (Wildman–Crippen MR) is 21.0 cm³/mol. The van der Waals surface area contributed by atoms with Gasteiger partial charge in [-0.05, 0) is 0 Å². The van der Waals surface area contributed by atoms with Crippen LogP contribution >= 0.6 is 0 Å². The van der Waals surface area contributed by atoms with Crippen molar-refractivity contribution in [1.29, 1.82) is 0 Å². The first-order chi connectivity index (χ1) is 2.00. The second kappa shape index (κ2) is 7.40. The summed E-state index contributed by atoms with van der Waals surface area (Å²) in [6.45, 7) is 0. The minimum absolute atomic E-state index is 0. The number of halogens is 4. The summed E-state index contributed by atoms with van der Waals surface area (Å²) in [5, 5.41) is 0. The van der Waals surface area contributed by atoms with E-state index in [4.69, 9.17) is 0 Å². The minimum atomic E-state index is -7.18. The van der Waals surface area contributed by atoms with Crippen molar-refractivity contribution < 1.29 is 27.9 Å². The molecule has 0 aliphatic heterocycles. The van der Waals surface area contributed by atoms with Gasteiger partial charge in [-0.15, -0.1) is 0 Å². The molecule has 0 aromatic carbocycles. The zero-order valence-electron chi connectivity index (χ0n) is 3.51. The molecule has 0 aromatic heterocycles. The van der Waals surface area contributed by atoms with E-state index in [2.05, 4.69) is 0 Å². The summed E-state index contributed by atoms with van der Waals surface area (Å²) in [5.41, 5.74) is 0. The molecule has 0 saturated heterocycles.